The van der Waals surface area contributed by atoms with Crippen LogP contribution in [-0.2, 0) is 11.2 Å². The summed E-state index contributed by atoms with van der Waals surface area (Å²) in [6, 6.07) is 8.08. The fourth-order valence-corrected chi connectivity index (χ4v) is 2.64. The number of guanidine groups is 1. The number of H-pyrrole nitrogens is 1. The molecule has 0 aliphatic rings. The highest BCUT2D eigenvalue weighted by Gasteiger charge is 2.24. The predicted octanol–water partition coefficient (Wildman–Crippen LogP) is 2.72. The lowest BCUT2D eigenvalue weighted by Crippen LogP contribution is -2.40. The Hall–Kier alpha value is -2.08. The minimum absolute atomic E-state index is 0.0594. The van der Waals surface area contributed by atoms with Crippen molar-refractivity contribution in [1.82, 2.24) is 20.6 Å². The summed E-state index contributed by atoms with van der Waals surface area (Å²) in [7, 11) is 1.74. The molecule has 1 heterocycles. The zero-order valence-electron chi connectivity index (χ0n) is 16.0. The first-order valence-electron chi connectivity index (χ1n) is 8.92. The summed E-state index contributed by atoms with van der Waals surface area (Å²) < 4.78 is 5.57. The number of hydrogen-bond donors (Lipinski definition) is 3. The largest absolute Gasteiger partial charge is 0.379 e. The lowest BCUT2D eigenvalue weighted by molar-refractivity contribution is 0.0241. The summed E-state index contributed by atoms with van der Waals surface area (Å²) >= 11 is 0. The van der Waals surface area contributed by atoms with Gasteiger partial charge in [-0.05, 0) is 24.5 Å². The van der Waals surface area contributed by atoms with E-state index in [4.69, 9.17) is 4.74 Å². The Morgan fingerprint density at radius 3 is 2.68 bits per heavy atom. The highest BCUT2D eigenvalue weighted by Crippen LogP contribution is 2.21. The second-order valence-electron chi connectivity index (χ2n) is 7.19. The molecule has 0 spiro atoms. The Bertz CT molecular complexity index is 653. The number of aromatic amines is 1. The van der Waals surface area contributed by atoms with E-state index >= 15 is 0 Å². The summed E-state index contributed by atoms with van der Waals surface area (Å²) in [5, 5.41) is 6.65. The molecule has 0 bridgehead atoms. The van der Waals surface area contributed by atoms with Crippen LogP contribution in [0.2, 0.25) is 0 Å². The van der Waals surface area contributed by atoms with E-state index in [1.807, 2.05) is 24.3 Å². The minimum atomic E-state index is 0.0594. The summed E-state index contributed by atoms with van der Waals surface area (Å²) in [6.45, 7) is 10.8. The molecular weight excluding hydrogens is 314 g/mol. The smallest absolute Gasteiger partial charge is 0.191 e. The van der Waals surface area contributed by atoms with E-state index in [-0.39, 0.29) is 11.5 Å². The Balaban J connectivity index is 1.91. The quantitative estimate of drug-likeness (QED) is 0.533. The molecule has 0 saturated heterocycles. The maximum Gasteiger partial charge on any atom is 0.191 e. The minimum Gasteiger partial charge on any atom is -0.379 e. The lowest BCUT2D eigenvalue weighted by Gasteiger charge is -2.28. The summed E-state index contributed by atoms with van der Waals surface area (Å²) in [5.74, 6) is 1.79. The van der Waals surface area contributed by atoms with Crippen LogP contribution in [-0.4, -0.2) is 48.8 Å². The number of aromatic nitrogens is 2. The van der Waals surface area contributed by atoms with Crippen LogP contribution in [0, 0.1) is 5.41 Å². The molecule has 1 atom stereocenters. The molecule has 0 saturated carbocycles. The molecule has 138 valence electrons. The Labute approximate surface area is 150 Å². The second-order valence-corrected chi connectivity index (χ2v) is 7.19. The molecule has 1 unspecified atom stereocenters. The van der Waals surface area contributed by atoms with Gasteiger partial charge in [0.05, 0.1) is 23.7 Å². The van der Waals surface area contributed by atoms with Crippen molar-refractivity contribution in [2.75, 3.05) is 26.7 Å². The van der Waals surface area contributed by atoms with E-state index < -0.39 is 0 Å². The molecule has 1 aromatic carbocycles. The van der Waals surface area contributed by atoms with Gasteiger partial charge < -0.3 is 20.4 Å². The van der Waals surface area contributed by atoms with Gasteiger partial charge in [-0.25, -0.2) is 4.98 Å². The first-order chi connectivity index (χ1) is 11.9. The summed E-state index contributed by atoms with van der Waals surface area (Å²) in [6.07, 6.45) is 0.893. The van der Waals surface area contributed by atoms with Crippen LogP contribution in [0.25, 0.3) is 11.0 Å². The van der Waals surface area contributed by atoms with Crippen LogP contribution in [0.15, 0.2) is 29.3 Å². The molecular formula is C19H31N5O. The summed E-state index contributed by atoms with van der Waals surface area (Å²) in [5.41, 5.74) is 2.14. The first-order valence-corrected chi connectivity index (χ1v) is 8.92. The number of hydrogen-bond acceptors (Lipinski definition) is 3. The van der Waals surface area contributed by atoms with E-state index in [2.05, 4.69) is 53.3 Å². The fourth-order valence-electron chi connectivity index (χ4n) is 2.64. The molecule has 2 aromatic rings. The van der Waals surface area contributed by atoms with Crippen LogP contribution in [0.1, 0.15) is 33.5 Å². The first kappa shape index (κ1) is 19.2. The average Bonchev–Trinajstić information content (AvgIpc) is 2.96. The van der Waals surface area contributed by atoms with Gasteiger partial charge in [-0.1, -0.05) is 32.9 Å². The monoisotopic (exact) mass is 345 g/mol. The van der Waals surface area contributed by atoms with Crippen molar-refractivity contribution in [2.45, 2.75) is 40.2 Å². The zero-order chi connectivity index (χ0) is 18.3. The van der Waals surface area contributed by atoms with Gasteiger partial charge in [-0.3, -0.25) is 4.99 Å². The number of rotatable bonds is 7. The van der Waals surface area contributed by atoms with Gasteiger partial charge in [-0.2, -0.15) is 0 Å². The van der Waals surface area contributed by atoms with Crippen molar-refractivity contribution in [3.05, 3.63) is 30.1 Å². The SMILES string of the molecule is CCNC(=NCC(OC)C(C)(C)C)NCCc1nc2ccccc2[nH]1. The molecule has 6 nitrogen and oxygen atoms in total. The van der Waals surface area contributed by atoms with Crippen molar-refractivity contribution < 1.29 is 4.74 Å². The number of ether oxygens (including phenoxy) is 1. The van der Waals surface area contributed by atoms with Crippen LogP contribution >= 0.6 is 0 Å². The fraction of sp³-hybridized carbons (Fsp3) is 0.579. The van der Waals surface area contributed by atoms with E-state index in [9.17, 15) is 0 Å². The number of fused-ring (bicyclic) bond motifs is 1. The van der Waals surface area contributed by atoms with Crippen molar-refractivity contribution in [2.24, 2.45) is 10.4 Å². The van der Waals surface area contributed by atoms with E-state index in [1.54, 1.807) is 7.11 Å². The van der Waals surface area contributed by atoms with Gasteiger partial charge in [0.2, 0.25) is 0 Å². The Morgan fingerprint density at radius 2 is 2.04 bits per heavy atom. The Kier molecular flexibility index (Phi) is 6.82. The molecule has 3 N–H and O–H groups in total. The molecule has 2 rings (SSSR count). The molecule has 0 aliphatic carbocycles. The van der Waals surface area contributed by atoms with Crippen molar-refractivity contribution in [1.29, 1.82) is 0 Å². The van der Waals surface area contributed by atoms with Crippen molar-refractivity contribution in [3.8, 4) is 0 Å². The number of benzene rings is 1. The van der Waals surface area contributed by atoms with E-state index in [0.29, 0.717) is 6.54 Å². The van der Waals surface area contributed by atoms with E-state index in [1.165, 1.54) is 0 Å². The van der Waals surface area contributed by atoms with Gasteiger partial charge >= 0.3 is 0 Å². The van der Waals surface area contributed by atoms with E-state index in [0.717, 1.165) is 42.3 Å². The van der Waals surface area contributed by atoms with Gasteiger partial charge in [0.1, 0.15) is 5.82 Å². The van der Waals surface area contributed by atoms with Gasteiger partial charge in [0.25, 0.3) is 0 Å². The van der Waals surface area contributed by atoms with Gasteiger partial charge in [0, 0.05) is 26.6 Å². The number of para-hydroxylation sites is 2. The number of methoxy groups -OCH3 is 1. The molecule has 0 fully saturated rings. The number of aliphatic imine (C=N–C) groups is 1. The molecule has 25 heavy (non-hydrogen) atoms. The number of nitrogens with zero attached hydrogens (tertiary/aromatic N) is 2. The molecule has 0 amide bonds. The highest BCUT2D eigenvalue weighted by molar-refractivity contribution is 5.79. The maximum atomic E-state index is 5.57. The maximum absolute atomic E-state index is 5.57. The normalized spacial score (nSPS) is 13.9. The van der Waals surface area contributed by atoms with Crippen LogP contribution in [0.3, 0.4) is 0 Å². The molecule has 6 heteroatoms. The van der Waals surface area contributed by atoms with Crippen LogP contribution in [0.5, 0.6) is 0 Å². The molecule has 0 radical (unpaired) electrons. The number of imidazole rings is 1. The van der Waals surface area contributed by atoms with Gasteiger partial charge in [-0.15, -0.1) is 0 Å². The third kappa shape index (κ3) is 5.74. The van der Waals surface area contributed by atoms with Gasteiger partial charge in [0.15, 0.2) is 5.96 Å². The third-order valence-corrected chi connectivity index (χ3v) is 4.10. The van der Waals surface area contributed by atoms with Crippen molar-refractivity contribution >= 4 is 17.0 Å². The lowest BCUT2D eigenvalue weighted by atomic mass is 9.89. The average molecular weight is 345 g/mol. The van der Waals surface area contributed by atoms with Crippen molar-refractivity contribution in [3.63, 3.8) is 0 Å². The second kappa shape index (κ2) is 8.85. The highest BCUT2D eigenvalue weighted by atomic mass is 16.5. The molecule has 0 aliphatic heterocycles. The predicted molar refractivity (Wildman–Crippen MR) is 104 cm³/mol. The Morgan fingerprint density at radius 1 is 1.28 bits per heavy atom. The number of nitrogens with one attached hydrogen (secondary N) is 3. The zero-order valence-corrected chi connectivity index (χ0v) is 16.0. The van der Waals surface area contributed by atoms with Crippen LogP contribution in [0.4, 0.5) is 0 Å². The standard InChI is InChI=1S/C19H31N5O/c1-6-20-18(22-13-16(25-5)19(2,3)4)21-12-11-17-23-14-9-7-8-10-15(14)24-17/h7-10,16H,6,11-13H2,1-5H3,(H,23,24)(H2,20,21,22). The summed E-state index contributed by atoms with van der Waals surface area (Å²) in [4.78, 5) is 12.6. The topological polar surface area (TPSA) is 74.3 Å². The third-order valence-electron chi connectivity index (χ3n) is 4.10. The molecule has 1 aromatic heterocycles. The van der Waals surface area contributed by atoms with Crippen LogP contribution < -0.4 is 10.6 Å².